The minimum Gasteiger partial charge on any atom is -0.747 e. The van der Waals surface area contributed by atoms with Gasteiger partial charge in [-0.25, -0.2) is 8.42 Å². The summed E-state index contributed by atoms with van der Waals surface area (Å²) >= 11 is 0. The van der Waals surface area contributed by atoms with Crippen molar-refractivity contribution in [3.05, 3.63) is 23.8 Å². The maximum absolute atomic E-state index is 10.8. The van der Waals surface area contributed by atoms with Crippen LogP contribution in [0.1, 0.15) is 20.3 Å². The Morgan fingerprint density at radius 3 is 2.38 bits per heavy atom. The molecule has 0 N–H and O–H groups in total. The molecule has 1 atom stereocenters. The fourth-order valence-corrected chi connectivity index (χ4v) is 1.52. The Bertz CT molecular complexity index is 342. The minimum atomic E-state index is -4.23. The molecule has 0 saturated carbocycles. The SMILES string of the molecule is CC1=CCC(C)(S(=O)(=O)[O-])C=C1.[K+]. The minimum absolute atomic E-state index is 0. The van der Waals surface area contributed by atoms with E-state index in [-0.39, 0.29) is 57.8 Å². The van der Waals surface area contributed by atoms with E-state index in [4.69, 9.17) is 0 Å². The van der Waals surface area contributed by atoms with Crippen molar-refractivity contribution in [2.24, 2.45) is 0 Å². The normalized spacial score (nSPS) is 27.8. The third-order valence-electron chi connectivity index (χ3n) is 2.10. The van der Waals surface area contributed by atoms with Gasteiger partial charge in [-0.15, -0.1) is 0 Å². The molecule has 0 heterocycles. The van der Waals surface area contributed by atoms with Crippen LogP contribution < -0.4 is 51.4 Å². The molecule has 1 unspecified atom stereocenters. The number of hydrogen-bond acceptors (Lipinski definition) is 3. The molecule has 3 nitrogen and oxygen atoms in total. The summed E-state index contributed by atoms with van der Waals surface area (Å²) in [5.74, 6) is 0. The summed E-state index contributed by atoms with van der Waals surface area (Å²) in [7, 11) is -4.23. The molecule has 0 aromatic carbocycles. The third kappa shape index (κ3) is 3.26. The quantitative estimate of drug-likeness (QED) is 0.391. The zero-order valence-electron chi connectivity index (χ0n) is 8.07. The van der Waals surface area contributed by atoms with Crippen molar-refractivity contribution in [2.45, 2.75) is 25.0 Å². The van der Waals surface area contributed by atoms with Crippen LogP contribution in [0.3, 0.4) is 0 Å². The monoisotopic (exact) mass is 226 g/mol. The first-order valence-electron chi connectivity index (χ1n) is 3.67. The van der Waals surface area contributed by atoms with Gasteiger partial charge in [0.15, 0.2) is 0 Å². The largest absolute Gasteiger partial charge is 1.00 e. The average Bonchev–Trinajstić information content (AvgIpc) is 1.93. The molecule has 0 bridgehead atoms. The molecule has 1 rings (SSSR count). The van der Waals surface area contributed by atoms with Crippen molar-refractivity contribution in [1.29, 1.82) is 0 Å². The summed E-state index contributed by atoms with van der Waals surface area (Å²) in [6.45, 7) is 3.31. The molecule has 0 amide bonds. The van der Waals surface area contributed by atoms with Crippen molar-refractivity contribution in [3.8, 4) is 0 Å². The molecule has 5 heteroatoms. The summed E-state index contributed by atoms with van der Waals surface area (Å²) in [6, 6.07) is 0. The topological polar surface area (TPSA) is 57.2 Å². The van der Waals surface area contributed by atoms with Crippen molar-refractivity contribution in [2.75, 3.05) is 0 Å². The zero-order valence-corrected chi connectivity index (χ0v) is 12.0. The fraction of sp³-hybridized carbons (Fsp3) is 0.500. The van der Waals surface area contributed by atoms with E-state index < -0.39 is 14.9 Å². The molecule has 0 aromatic heterocycles. The molecule has 0 aromatic rings. The van der Waals surface area contributed by atoms with Crippen LogP contribution in [0.5, 0.6) is 0 Å². The predicted octanol–water partition coefficient (Wildman–Crippen LogP) is -1.80. The van der Waals surface area contributed by atoms with Crippen LogP contribution in [0.4, 0.5) is 0 Å². The first-order valence-corrected chi connectivity index (χ1v) is 5.07. The molecule has 0 saturated heterocycles. The maximum atomic E-state index is 10.8. The Morgan fingerprint density at radius 1 is 1.54 bits per heavy atom. The van der Waals surface area contributed by atoms with Crippen molar-refractivity contribution >= 4 is 10.1 Å². The number of allylic oxidation sites excluding steroid dienone is 3. The molecule has 68 valence electrons. The van der Waals surface area contributed by atoms with Gasteiger partial charge in [-0.2, -0.15) is 0 Å². The third-order valence-corrected chi connectivity index (χ3v) is 3.54. The van der Waals surface area contributed by atoms with Crippen molar-refractivity contribution in [3.63, 3.8) is 0 Å². The van der Waals surface area contributed by atoms with E-state index in [9.17, 15) is 13.0 Å². The molecule has 0 aliphatic heterocycles. The van der Waals surface area contributed by atoms with E-state index in [1.165, 1.54) is 13.0 Å². The van der Waals surface area contributed by atoms with E-state index in [0.29, 0.717) is 0 Å². The van der Waals surface area contributed by atoms with E-state index in [1.54, 1.807) is 12.2 Å². The standard InChI is InChI=1S/C8H12O3S.K/c1-7-3-5-8(2,6-4-7)12(9,10)11;/h3-5H,6H2,1-2H3,(H,9,10,11);/q;+1/p-1. The molecule has 0 fully saturated rings. The molecule has 1 aliphatic rings. The Kier molecular flexibility index (Phi) is 5.07. The van der Waals surface area contributed by atoms with E-state index >= 15 is 0 Å². The first kappa shape index (κ1) is 14.0. The van der Waals surface area contributed by atoms with Gasteiger partial charge < -0.3 is 4.55 Å². The van der Waals surface area contributed by atoms with Gasteiger partial charge >= 0.3 is 51.4 Å². The summed E-state index contributed by atoms with van der Waals surface area (Å²) in [6.07, 6.45) is 5.17. The van der Waals surface area contributed by atoms with Crippen LogP contribution in [-0.4, -0.2) is 17.7 Å². The smallest absolute Gasteiger partial charge is 0.747 e. The molecule has 1 aliphatic carbocycles. The molecular weight excluding hydrogens is 215 g/mol. The molecule has 0 radical (unpaired) electrons. The van der Waals surface area contributed by atoms with Crippen LogP contribution in [0.15, 0.2) is 23.8 Å². The second kappa shape index (κ2) is 4.70. The van der Waals surface area contributed by atoms with Gasteiger partial charge in [-0.3, -0.25) is 0 Å². The second-order valence-electron chi connectivity index (χ2n) is 3.25. The van der Waals surface area contributed by atoms with E-state index in [0.717, 1.165) is 5.57 Å². The Hall–Kier alpha value is 1.03. The first-order chi connectivity index (χ1) is 5.35. The molecule has 13 heavy (non-hydrogen) atoms. The number of rotatable bonds is 1. The Morgan fingerprint density at radius 2 is 2.08 bits per heavy atom. The average molecular weight is 226 g/mol. The maximum Gasteiger partial charge on any atom is 1.00 e. The van der Waals surface area contributed by atoms with Crippen LogP contribution in [-0.2, 0) is 10.1 Å². The molecular formula is C8H11KO3S. The van der Waals surface area contributed by atoms with Crippen LogP contribution in [0.25, 0.3) is 0 Å². The summed E-state index contributed by atoms with van der Waals surface area (Å²) in [4.78, 5) is 0. The van der Waals surface area contributed by atoms with Gasteiger partial charge in [-0.1, -0.05) is 23.8 Å². The fourth-order valence-electron chi connectivity index (χ4n) is 0.993. The van der Waals surface area contributed by atoms with Gasteiger partial charge in [-0.05, 0) is 20.3 Å². The van der Waals surface area contributed by atoms with Crippen molar-refractivity contribution in [1.82, 2.24) is 0 Å². The van der Waals surface area contributed by atoms with Gasteiger partial charge in [0.05, 0.1) is 4.75 Å². The summed E-state index contributed by atoms with van der Waals surface area (Å²) in [5, 5.41) is 0. The van der Waals surface area contributed by atoms with Crippen LogP contribution in [0, 0.1) is 0 Å². The van der Waals surface area contributed by atoms with Gasteiger partial charge in [0, 0.05) is 0 Å². The number of hydrogen-bond donors (Lipinski definition) is 0. The van der Waals surface area contributed by atoms with Crippen LogP contribution >= 0.6 is 0 Å². The molecule has 0 spiro atoms. The summed E-state index contributed by atoms with van der Waals surface area (Å²) < 4.78 is 31.1. The van der Waals surface area contributed by atoms with Gasteiger partial charge in [0.2, 0.25) is 0 Å². The van der Waals surface area contributed by atoms with Gasteiger partial charge in [0.25, 0.3) is 0 Å². The predicted molar refractivity (Wildman–Crippen MR) is 45.6 cm³/mol. The zero-order chi connectivity index (χ0) is 9.41. The Labute approximate surface area is 121 Å². The Balaban J connectivity index is 0.00000144. The van der Waals surface area contributed by atoms with Crippen molar-refractivity contribution < 1.29 is 64.4 Å². The van der Waals surface area contributed by atoms with Crippen LogP contribution in [0.2, 0.25) is 0 Å². The van der Waals surface area contributed by atoms with E-state index in [2.05, 4.69) is 0 Å². The van der Waals surface area contributed by atoms with Gasteiger partial charge in [0.1, 0.15) is 10.1 Å². The second-order valence-corrected chi connectivity index (χ2v) is 5.09. The van der Waals surface area contributed by atoms with E-state index in [1.807, 2.05) is 6.92 Å². The summed E-state index contributed by atoms with van der Waals surface area (Å²) in [5.41, 5.74) is 0.996.